The molecular weight excluding hydrogens is 482 g/mol. The van der Waals surface area contributed by atoms with Crippen LogP contribution in [0.2, 0.25) is 0 Å². The minimum atomic E-state index is -0.556. The molecule has 5 N–H and O–H groups in total. The molecule has 2 aromatic carbocycles. The van der Waals surface area contributed by atoms with Gasteiger partial charge in [0.1, 0.15) is 5.70 Å². The Morgan fingerprint density at radius 3 is 2.63 bits per heavy atom. The lowest BCUT2D eigenvalue weighted by molar-refractivity contribution is -0.115. The molecule has 6 rings (SSSR count). The number of nitrogens with one attached hydrogen (secondary N) is 3. The number of fused-ring (bicyclic) bond motifs is 1. The van der Waals surface area contributed by atoms with Crippen LogP contribution in [0.1, 0.15) is 29.5 Å². The number of hydrogen-bond acceptors (Lipinski definition) is 8. The number of rotatable bonds is 7. The molecule has 3 heterocycles. The maximum atomic E-state index is 11.9. The molecule has 190 valence electrons. The first-order valence-electron chi connectivity index (χ1n) is 12.3. The second-order valence-electron chi connectivity index (χ2n) is 9.14. The number of carbonyl (C=O) groups is 2. The number of aromatic nitrogens is 4. The summed E-state index contributed by atoms with van der Waals surface area (Å²) in [5.74, 6) is -0.0789. The van der Waals surface area contributed by atoms with Gasteiger partial charge in [0, 0.05) is 18.7 Å². The van der Waals surface area contributed by atoms with E-state index in [4.69, 9.17) is 10.7 Å². The van der Waals surface area contributed by atoms with Crippen molar-refractivity contribution in [1.29, 1.82) is 0 Å². The van der Waals surface area contributed by atoms with Crippen LogP contribution in [0, 0.1) is 0 Å². The van der Waals surface area contributed by atoms with E-state index in [1.165, 1.54) is 0 Å². The Balaban J connectivity index is 1.33. The van der Waals surface area contributed by atoms with Crippen LogP contribution in [-0.4, -0.2) is 37.6 Å². The number of imide groups is 1. The molecule has 1 saturated carbocycles. The van der Waals surface area contributed by atoms with E-state index in [1.54, 1.807) is 22.9 Å². The highest BCUT2D eigenvalue weighted by Gasteiger charge is 2.23. The highest BCUT2D eigenvalue weighted by Crippen LogP contribution is 2.25. The Hall–Kier alpha value is -4.90. The highest BCUT2D eigenvalue weighted by atomic mass is 16.2. The van der Waals surface area contributed by atoms with Crippen molar-refractivity contribution in [2.75, 3.05) is 5.32 Å². The predicted molar refractivity (Wildman–Crippen MR) is 141 cm³/mol. The van der Waals surface area contributed by atoms with Gasteiger partial charge in [0.2, 0.25) is 5.95 Å². The van der Waals surface area contributed by atoms with Gasteiger partial charge in [-0.25, -0.2) is 9.79 Å². The van der Waals surface area contributed by atoms with Crippen LogP contribution in [0.5, 0.6) is 0 Å². The third-order valence-corrected chi connectivity index (χ3v) is 6.28. The molecule has 38 heavy (non-hydrogen) atoms. The maximum absolute atomic E-state index is 11.9. The predicted octanol–water partition coefficient (Wildman–Crippen LogP) is 2.11. The molecule has 0 spiro atoms. The van der Waals surface area contributed by atoms with Gasteiger partial charge in [-0.1, -0.05) is 48.5 Å². The van der Waals surface area contributed by atoms with Gasteiger partial charge in [-0.05, 0) is 47.2 Å². The summed E-state index contributed by atoms with van der Waals surface area (Å²) in [5, 5.41) is 12.5. The van der Waals surface area contributed by atoms with Gasteiger partial charge in [0.25, 0.3) is 11.5 Å². The van der Waals surface area contributed by atoms with Crippen LogP contribution in [0.25, 0.3) is 22.9 Å². The summed E-state index contributed by atoms with van der Waals surface area (Å²) < 4.78 is 1.58. The van der Waals surface area contributed by atoms with E-state index in [2.05, 4.69) is 55.3 Å². The van der Waals surface area contributed by atoms with Gasteiger partial charge in [-0.3, -0.25) is 10.1 Å². The van der Waals surface area contributed by atoms with E-state index < -0.39 is 11.9 Å². The maximum Gasteiger partial charge on any atom is 0.326 e. The molecule has 1 aliphatic carbocycles. The zero-order chi connectivity index (χ0) is 26.1. The van der Waals surface area contributed by atoms with E-state index in [9.17, 15) is 9.59 Å². The normalized spacial score (nSPS) is 16.7. The van der Waals surface area contributed by atoms with E-state index in [0.29, 0.717) is 35.9 Å². The van der Waals surface area contributed by atoms with Gasteiger partial charge in [0.05, 0.1) is 12.2 Å². The van der Waals surface area contributed by atoms with E-state index >= 15 is 0 Å². The summed E-state index contributed by atoms with van der Waals surface area (Å²) in [6.07, 6.45) is 5.16. The molecule has 2 fully saturated rings. The third-order valence-electron chi connectivity index (χ3n) is 6.28. The standard InChI is InChI=1S/C27H25N9O2/c28-13-16-5-7-18(8-6-16)21-4-2-1-3-19(21)15-29-25-33-23-12-17(11-22-24(37)34-27(38)32-22)14-30-36(23)26(35-25)31-20-9-10-20/h1-8,11-12,14,20H,9-10,13,15,28H2,(H,29,31,35)(H2,32,34,37,38)/b22-11-. The van der Waals surface area contributed by atoms with E-state index in [0.717, 1.165) is 35.1 Å². The number of nitrogens with two attached hydrogens (primary N) is 1. The van der Waals surface area contributed by atoms with Gasteiger partial charge >= 0.3 is 6.03 Å². The molecule has 1 aliphatic heterocycles. The van der Waals surface area contributed by atoms with Gasteiger partial charge < -0.3 is 16.4 Å². The van der Waals surface area contributed by atoms with Crippen LogP contribution in [0.3, 0.4) is 0 Å². The van der Waals surface area contributed by atoms with Crippen LogP contribution in [0.15, 0.2) is 71.5 Å². The molecule has 0 unspecified atom stereocenters. The first-order chi connectivity index (χ1) is 18.6. The van der Waals surface area contributed by atoms with Crippen molar-refractivity contribution in [2.24, 2.45) is 10.7 Å². The molecule has 2 aliphatic rings. The van der Waals surface area contributed by atoms with Crippen molar-refractivity contribution < 1.29 is 9.59 Å². The van der Waals surface area contributed by atoms with Crippen molar-refractivity contribution in [2.45, 2.75) is 32.0 Å². The molecule has 0 atom stereocenters. The second-order valence-corrected chi connectivity index (χ2v) is 9.14. The summed E-state index contributed by atoms with van der Waals surface area (Å²) >= 11 is 0. The lowest BCUT2D eigenvalue weighted by Crippen LogP contribution is -2.25. The number of nitrogens with zero attached hydrogens (tertiary/aromatic N) is 5. The van der Waals surface area contributed by atoms with Gasteiger partial charge in [0.15, 0.2) is 5.65 Å². The Morgan fingerprint density at radius 1 is 1.08 bits per heavy atom. The van der Waals surface area contributed by atoms with E-state index in [-0.39, 0.29) is 11.7 Å². The van der Waals surface area contributed by atoms with Crippen LogP contribution in [-0.2, 0) is 17.9 Å². The van der Waals surface area contributed by atoms with Crippen molar-refractivity contribution in [3.63, 3.8) is 0 Å². The fourth-order valence-electron chi connectivity index (χ4n) is 4.15. The number of anilines is 1. The second kappa shape index (κ2) is 9.87. The number of amides is 3. The van der Waals surface area contributed by atoms with Gasteiger partial charge in [-0.2, -0.15) is 19.6 Å². The van der Waals surface area contributed by atoms with Crippen LogP contribution >= 0.6 is 0 Å². The smallest absolute Gasteiger partial charge is 0.326 e. The SMILES string of the molecule is NCc1ccc(-c2ccccc2CNc2nc(=NC3CC3)n3ncc(/C=C4\NC(=O)NC4=O)cc3n2)cc1. The van der Waals surface area contributed by atoms with Crippen molar-refractivity contribution in [1.82, 2.24) is 30.2 Å². The number of carbonyl (C=O) groups excluding carboxylic acids is 2. The lowest BCUT2D eigenvalue weighted by Gasteiger charge is -2.12. The summed E-state index contributed by atoms with van der Waals surface area (Å²) in [7, 11) is 0. The fourth-order valence-corrected chi connectivity index (χ4v) is 4.15. The Morgan fingerprint density at radius 2 is 1.89 bits per heavy atom. The molecule has 3 amide bonds. The average molecular weight is 508 g/mol. The quantitative estimate of drug-likeness (QED) is 0.221. The zero-order valence-corrected chi connectivity index (χ0v) is 20.4. The summed E-state index contributed by atoms with van der Waals surface area (Å²) in [6.45, 7) is 1.00. The molecule has 4 aromatic rings. The first kappa shape index (κ1) is 23.5. The molecule has 0 bridgehead atoms. The molecular formula is C27H25N9O2. The van der Waals surface area contributed by atoms with Crippen molar-refractivity contribution in [3.8, 4) is 11.1 Å². The Bertz CT molecular complexity index is 1650. The average Bonchev–Trinajstić information content (AvgIpc) is 3.69. The fraction of sp³-hybridized carbons (Fsp3) is 0.185. The number of urea groups is 1. The third kappa shape index (κ3) is 5.00. The lowest BCUT2D eigenvalue weighted by atomic mass is 9.98. The van der Waals surface area contributed by atoms with E-state index in [1.807, 2.05) is 24.3 Å². The summed E-state index contributed by atoms with van der Waals surface area (Å²) in [4.78, 5) is 37.4. The first-order valence-corrected chi connectivity index (χ1v) is 12.3. The number of hydrogen-bond donors (Lipinski definition) is 4. The van der Waals surface area contributed by atoms with Crippen molar-refractivity contribution >= 4 is 29.6 Å². The largest absolute Gasteiger partial charge is 0.350 e. The highest BCUT2D eigenvalue weighted by molar-refractivity contribution is 6.14. The Labute approximate surface area is 217 Å². The monoisotopic (exact) mass is 507 g/mol. The number of benzene rings is 2. The van der Waals surface area contributed by atoms with Crippen molar-refractivity contribution in [3.05, 3.63) is 88.8 Å². The summed E-state index contributed by atoms with van der Waals surface area (Å²) in [6, 6.07) is 17.8. The molecule has 11 nitrogen and oxygen atoms in total. The zero-order valence-electron chi connectivity index (χ0n) is 20.4. The Kier molecular flexibility index (Phi) is 6.10. The molecule has 1 saturated heterocycles. The minimum Gasteiger partial charge on any atom is -0.350 e. The summed E-state index contributed by atoms with van der Waals surface area (Å²) in [5.41, 5.74) is 11.8. The molecule has 11 heteroatoms. The van der Waals surface area contributed by atoms with Gasteiger partial charge in [-0.15, -0.1) is 0 Å². The minimum absolute atomic E-state index is 0.146. The topological polar surface area (TPSA) is 152 Å². The van der Waals surface area contributed by atoms with Crippen LogP contribution < -0.4 is 27.3 Å². The van der Waals surface area contributed by atoms with Crippen LogP contribution in [0.4, 0.5) is 10.7 Å². The molecule has 0 radical (unpaired) electrons. The molecule has 2 aromatic heterocycles.